The lowest BCUT2D eigenvalue weighted by atomic mass is 10.2. The van der Waals surface area contributed by atoms with Crippen molar-refractivity contribution >= 4 is 44.8 Å². The SMILES string of the molecule is CCCNc1ccnc(C(=O)Nc2ccc(Cl)cc2Br)c1. The lowest BCUT2D eigenvalue weighted by Gasteiger charge is -2.09. The Balaban J connectivity index is 2.12. The van der Waals surface area contributed by atoms with Crippen molar-refractivity contribution in [1.29, 1.82) is 0 Å². The van der Waals surface area contributed by atoms with Gasteiger partial charge in [-0.3, -0.25) is 9.78 Å². The maximum atomic E-state index is 12.2. The highest BCUT2D eigenvalue weighted by Gasteiger charge is 2.10. The monoisotopic (exact) mass is 367 g/mol. The van der Waals surface area contributed by atoms with Crippen molar-refractivity contribution in [1.82, 2.24) is 4.98 Å². The molecule has 1 aromatic carbocycles. The third-order valence-corrected chi connectivity index (χ3v) is 3.64. The minimum absolute atomic E-state index is 0.266. The number of carbonyl (C=O) groups is 1. The van der Waals surface area contributed by atoms with Gasteiger partial charge >= 0.3 is 0 Å². The second-order valence-electron chi connectivity index (χ2n) is 4.43. The Bertz CT molecular complexity index is 649. The van der Waals surface area contributed by atoms with Crippen LogP contribution in [0.1, 0.15) is 23.8 Å². The molecule has 6 heteroatoms. The van der Waals surface area contributed by atoms with Gasteiger partial charge in [0.25, 0.3) is 5.91 Å². The molecule has 0 aliphatic heterocycles. The summed E-state index contributed by atoms with van der Waals surface area (Å²) in [6.45, 7) is 2.94. The van der Waals surface area contributed by atoms with Gasteiger partial charge in [-0.05, 0) is 52.7 Å². The molecule has 0 fully saturated rings. The van der Waals surface area contributed by atoms with E-state index in [-0.39, 0.29) is 5.91 Å². The molecule has 0 atom stereocenters. The van der Waals surface area contributed by atoms with Gasteiger partial charge in [0, 0.05) is 27.9 Å². The van der Waals surface area contributed by atoms with Crippen molar-refractivity contribution in [3.63, 3.8) is 0 Å². The van der Waals surface area contributed by atoms with E-state index < -0.39 is 0 Å². The number of halogens is 2. The van der Waals surface area contributed by atoms with E-state index in [2.05, 4.69) is 38.5 Å². The van der Waals surface area contributed by atoms with Crippen LogP contribution in [0.5, 0.6) is 0 Å². The van der Waals surface area contributed by atoms with Crippen LogP contribution in [0.15, 0.2) is 41.0 Å². The van der Waals surface area contributed by atoms with Gasteiger partial charge in [0.1, 0.15) is 5.69 Å². The summed E-state index contributed by atoms with van der Waals surface area (Å²) in [7, 11) is 0. The first-order valence-electron chi connectivity index (χ1n) is 6.56. The summed E-state index contributed by atoms with van der Waals surface area (Å²) in [5.74, 6) is -0.266. The number of amides is 1. The molecule has 21 heavy (non-hydrogen) atoms. The summed E-state index contributed by atoms with van der Waals surface area (Å²) >= 11 is 9.24. The average Bonchev–Trinajstić information content (AvgIpc) is 2.48. The molecule has 0 unspecified atom stereocenters. The van der Waals surface area contributed by atoms with Crippen LogP contribution in [0.2, 0.25) is 5.02 Å². The molecule has 0 radical (unpaired) electrons. The summed E-state index contributed by atoms with van der Waals surface area (Å²) in [6, 6.07) is 8.75. The maximum absolute atomic E-state index is 12.2. The number of aromatic nitrogens is 1. The van der Waals surface area contributed by atoms with Crippen molar-refractivity contribution in [2.75, 3.05) is 17.2 Å². The summed E-state index contributed by atoms with van der Waals surface area (Å²) < 4.78 is 0.726. The summed E-state index contributed by atoms with van der Waals surface area (Å²) in [6.07, 6.45) is 2.63. The first kappa shape index (κ1) is 15.8. The Morgan fingerprint density at radius 2 is 2.14 bits per heavy atom. The van der Waals surface area contributed by atoms with E-state index in [9.17, 15) is 4.79 Å². The Kier molecular flexibility index (Phi) is 5.59. The van der Waals surface area contributed by atoms with Gasteiger partial charge in [-0.2, -0.15) is 0 Å². The molecular weight excluding hydrogens is 354 g/mol. The van der Waals surface area contributed by atoms with Gasteiger partial charge in [-0.15, -0.1) is 0 Å². The van der Waals surface area contributed by atoms with E-state index in [1.807, 2.05) is 6.07 Å². The molecule has 2 aromatic rings. The fourth-order valence-corrected chi connectivity index (χ4v) is 2.49. The zero-order valence-corrected chi connectivity index (χ0v) is 13.8. The number of hydrogen-bond acceptors (Lipinski definition) is 3. The fourth-order valence-electron chi connectivity index (χ4n) is 1.71. The topological polar surface area (TPSA) is 54.0 Å². The maximum Gasteiger partial charge on any atom is 0.274 e. The fraction of sp³-hybridized carbons (Fsp3) is 0.200. The van der Waals surface area contributed by atoms with Crippen molar-refractivity contribution in [3.8, 4) is 0 Å². The summed E-state index contributed by atoms with van der Waals surface area (Å²) in [5, 5.41) is 6.63. The number of anilines is 2. The van der Waals surface area contributed by atoms with Gasteiger partial charge in [-0.25, -0.2) is 0 Å². The van der Waals surface area contributed by atoms with Crippen LogP contribution in [-0.2, 0) is 0 Å². The van der Waals surface area contributed by atoms with E-state index in [1.54, 1.807) is 30.5 Å². The van der Waals surface area contributed by atoms with E-state index in [1.165, 1.54) is 0 Å². The molecule has 0 saturated carbocycles. The molecular formula is C15H15BrClN3O. The van der Waals surface area contributed by atoms with E-state index in [0.717, 1.165) is 23.1 Å². The Morgan fingerprint density at radius 1 is 1.33 bits per heavy atom. The van der Waals surface area contributed by atoms with Gasteiger partial charge in [0.05, 0.1) is 5.69 Å². The number of carbonyl (C=O) groups excluding carboxylic acids is 1. The predicted octanol–water partition coefficient (Wildman–Crippen LogP) is 4.57. The molecule has 2 rings (SSSR count). The normalized spacial score (nSPS) is 10.2. The molecule has 0 saturated heterocycles. The Morgan fingerprint density at radius 3 is 2.86 bits per heavy atom. The zero-order chi connectivity index (χ0) is 15.2. The van der Waals surface area contributed by atoms with Crippen LogP contribution in [-0.4, -0.2) is 17.4 Å². The quantitative estimate of drug-likeness (QED) is 0.812. The largest absolute Gasteiger partial charge is 0.385 e. The van der Waals surface area contributed by atoms with Gasteiger partial charge in [-0.1, -0.05) is 18.5 Å². The minimum atomic E-state index is -0.266. The molecule has 1 aromatic heterocycles. The van der Waals surface area contributed by atoms with Crippen LogP contribution in [0, 0.1) is 0 Å². The van der Waals surface area contributed by atoms with Gasteiger partial charge < -0.3 is 10.6 Å². The first-order valence-corrected chi connectivity index (χ1v) is 7.73. The molecule has 4 nitrogen and oxygen atoms in total. The molecule has 0 aliphatic rings. The van der Waals surface area contributed by atoms with E-state index in [4.69, 9.17) is 11.6 Å². The van der Waals surface area contributed by atoms with Gasteiger partial charge in [0.2, 0.25) is 0 Å². The highest BCUT2D eigenvalue weighted by atomic mass is 79.9. The Hall–Kier alpha value is -1.59. The standard InChI is InChI=1S/C15H15BrClN3O/c1-2-6-18-11-5-7-19-14(9-11)15(21)20-13-4-3-10(17)8-12(13)16/h3-5,7-9H,2,6H2,1H3,(H,18,19)(H,20,21). The van der Waals surface area contributed by atoms with Crippen LogP contribution >= 0.6 is 27.5 Å². The van der Waals surface area contributed by atoms with Gasteiger partial charge in [0.15, 0.2) is 0 Å². The average molecular weight is 369 g/mol. The number of pyridine rings is 1. The molecule has 0 aliphatic carbocycles. The molecule has 1 amide bonds. The van der Waals surface area contributed by atoms with Crippen molar-refractivity contribution in [2.24, 2.45) is 0 Å². The zero-order valence-electron chi connectivity index (χ0n) is 11.5. The second kappa shape index (κ2) is 7.43. The summed E-state index contributed by atoms with van der Waals surface area (Å²) in [4.78, 5) is 16.3. The second-order valence-corrected chi connectivity index (χ2v) is 5.73. The molecule has 2 N–H and O–H groups in total. The number of nitrogens with one attached hydrogen (secondary N) is 2. The Labute approximate surface area is 137 Å². The predicted molar refractivity (Wildman–Crippen MR) is 90.1 cm³/mol. The third kappa shape index (κ3) is 4.44. The first-order chi connectivity index (χ1) is 10.1. The molecule has 0 spiro atoms. The lowest BCUT2D eigenvalue weighted by Crippen LogP contribution is -2.14. The summed E-state index contributed by atoms with van der Waals surface area (Å²) in [5.41, 5.74) is 1.89. The van der Waals surface area contributed by atoms with Crippen molar-refractivity contribution < 1.29 is 4.79 Å². The van der Waals surface area contributed by atoms with Crippen LogP contribution in [0.4, 0.5) is 11.4 Å². The third-order valence-electron chi connectivity index (χ3n) is 2.75. The number of rotatable bonds is 5. The van der Waals surface area contributed by atoms with E-state index in [0.29, 0.717) is 16.4 Å². The molecule has 0 bridgehead atoms. The highest BCUT2D eigenvalue weighted by molar-refractivity contribution is 9.10. The minimum Gasteiger partial charge on any atom is -0.385 e. The number of hydrogen-bond donors (Lipinski definition) is 2. The number of nitrogens with zero attached hydrogens (tertiary/aromatic N) is 1. The highest BCUT2D eigenvalue weighted by Crippen LogP contribution is 2.26. The molecule has 110 valence electrons. The van der Waals surface area contributed by atoms with Crippen molar-refractivity contribution in [3.05, 3.63) is 51.7 Å². The van der Waals surface area contributed by atoms with Crippen LogP contribution in [0.3, 0.4) is 0 Å². The smallest absolute Gasteiger partial charge is 0.274 e. The van der Waals surface area contributed by atoms with Crippen molar-refractivity contribution in [2.45, 2.75) is 13.3 Å². The molecule has 1 heterocycles. The van der Waals surface area contributed by atoms with Crippen LogP contribution < -0.4 is 10.6 Å². The van der Waals surface area contributed by atoms with Crippen LogP contribution in [0.25, 0.3) is 0 Å². The van der Waals surface area contributed by atoms with E-state index >= 15 is 0 Å². The number of benzene rings is 1. The lowest BCUT2D eigenvalue weighted by molar-refractivity contribution is 0.102.